The average molecular weight is 516 g/mol. The van der Waals surface area contributed by atoms with Gasteiger partial charge in [-0.15, -0.1) is 24.0 Å². The number of hydrogen-bond acceptors (Lipinski definition) is 4. The molecule has 1 atom stereocenters. The van der Waals surface area contributed by atoms with Crippen molar-refractivity contribution < 1.29 is 4.74 Å². The van der Waals surface area contributed by atoms with E-state index in [-0.39, 0.29) is 24.0 Å². The number of nitrogens with one attached hydrogen (secondary N) is 2. The Morgan fingerprint density at radius 1 is 1.36 bits per heavy atom. The van der Waals surface area contributed by atoms with Crippen molar-refractivity contribution in [2.75, 3.05) is 31.6 Å². The van der Waals surface area contributed by atoms with E-state index >= 15 is 0 Å². The van der Waals surface area contributed by atoms with Gasteiger partial charge in [0.05, 0.1) is 6.61 Å². The molecule has 0 radical (unpaired) electrons. The van der Waals surface area contributed by atoms with Gasteiger partial charge in [0.1, 0.15) is 0 Å². The number of aromatic nitrogens is 1. The molecule has 3 rings (SSSR count). The van der Waals surface area contributed by atoms with Crippen molar-refractivity contribution in [1.29, 1.82) is 0 Å². The summed E-state index contributed by atoms with van der Waals surface area (Å²) in [6.07, 6.45) is 2.79. The van der Waals surface area contributed by atoms with E-state index in [1.807, 2.05) is 37.3 Å². The first kappa shape index (κ1) is 22.5. The summed E-state index contributed by atoms with van der Waals surface area (Å²) < 4.78 is 5.58. The van der Waals surface area contributed by atoms with Crippen molar-refractivity contribution in [2.24, 2.45) is 4.99 Å². The Kier molecular flexibility index (Phi) is 9.11. The van der Waals surface area contributed by atoms with Gasteiger partial charge in [-0.3, -0.25) is 4.99 Å². The summed E-state index contributed by atoms with van der Waals surface area (Å²) in [5.41, 5.74) is 2.17. The zero-order valence-electron chi connectivity index (χ0n) is 16.2. The highest BCUT2D eigenvalue weighted by Crippen LogP contribution is 2.23. The number of rotatable bonds is 6. The molecule has 0 saturated carbocycles. The Hall–Kier alpha value is -1.74. The minimum atomic E-state index is 0. The van der Waals surface area contributed by atoms with E-state index in [9.17, 15) is 0 Å². The predicted octanol–water partition coefficient (Wildman–Crippen LogP) is 3.70. The summed E-state index contributed by atoms with van der Waals surface area (Å²) in [4.78, 5) is 11.0. The fraction of sp³-hybridized carbons (Fsp3) is 0.400. The molecule has 6 nitrogen and oxygen atoms in total. The van der Waals surface area contributed by atoms with Crippen LogP contribution in [0.3, 0.4) is 0 Å². The van der Waals surface area contributed by atoms with Crippen molar-refractivity contribution in [1.82, 2.24) is 15.6 Å². The first-order chi connectivity index (χ1) is 13.2. The van der Waals surface area contributed by atoms with Crippen LogP contribution < -0.4 is 20.3 Å². The van der Waals surface area contributed by atoms with Gasteiger partial charge < -0.3 is 20.3 Å². The van der Waals surface area contributed by atoms with E-state index < -0.39 is 0 Å². The van der Waals surface area contributed by atoms with Crippen LogP contribution in [0.25, 0.3) is 0 Å². The van der Waals surface area contributed by atoms with Gasteiger partial charge in [0, 0.05) is 55.2 Å². The number of aliphatic imine (C=N–C) groups is 1. The second-order valence-electron chi connectivity index (χ2n) is 6.38. The minimum absolute atomic E-state index is 0. The Bertz CT molecular complexity index is 789. The average Bonchev–Trinajstić information content (AvgIpc) is 3.15. The maximum Gasteiger partial charge on any atom is 0.218 e. The first-order valence-corrected chi connectivity index (χ1v) is 9.61. The number of guanidine groups is 1. The molecular formula is C20H27ClIN5O. The SMILES string of the molecule is CCOc1ncccc1CNC(=NC)NC1CCN(c2cccc(Cl)c2)C1.I. The highest BCUT2D eigenvalue weighted by atomic mass is 127. The van der Waals surface area contributed by atoms with E-state index in [1.165, 1.54) is 0 Å². The summed E-state index contributed by atoms with van der Waals surface area (Å²) in [5, 5.41) is 7.63. The van der Waals surface area contributed by atoms with Crippen molar-refractivity contribution in [2.45, 2.75) is 25.9 Å². The van der Waals surface area contributed by atoms with Crippen LogP contribution in [-0.4, -0.2) is 43.7 Å². The van der Waals surface area contributed by atoms with Gasteiger partial charge in [-0.2, -0.15) is 0 Å². The van der Waals surface area contributed by atoms with Gasteiger partial charge in [0.2, 0.25) is 5.88 Å². The quantitative estimate of drug-likeness (QED) is 0.349. The zero-order valence-corrected chi connectivity index (χ0v) is 19.3. The molecule has 2 N–H and O–H groups in total. The van der Waals surface area contributed by atoms with Gasteiger partial charge in [0.25, 0.3) is 0 Å². The van der Waals surface area contributed by atoms with E-state index in [1.54, 1.807) is 13.2 Å². The minimum Gasteiger partial charge on any atom is -0.478 e. The molecule has 152 valence electrons. The Balaban J connectivity index is 0.00000280. The molecule has 1 aromatic carbocycles. The molecule has 0 spiro atoms. The van der Waals surface area contributed by atoms with Gasteiger partial charge in [-0.1, -0.05) is 23.7 Å². The van der Waals surface area contributed by atoms with Gasteiger partial charge in [-0.25, -0.2) is 4.98 Å². The molecule has 1 saturated heterocycles. The fourth-order valence-corrected chi connectivity index (χ4v) is 3.36. The molecule has 2 aromatic rings. The third kappa shape index (κ3) is 6.13. The molecule has 0 bridgehead atoms. The molecule has 2 heterocycles. The molecule has 1 aromatic heterocycles. The predicted molar refractivity (Wildman–Crippen MR) is 126 cm³/mol. The molecule has 0 amide bonds. The van der Waals surface area contributed by atoms with Gasteiger partial charge in [-0.05, 0) is 37.6 Å². The van der Waals surface area contributed by atoms with Crippen LogP contribution >= 0.6 is 35.6 Å². The maximum atomic E-state index is 6.11. The number of hydrogen-bond donors (Lipinski definition) is 2. The smallest absolute Gasteiger partial charge is 0.218 e. The van der Waals surface area contributed by atoms with Crippen LogP contribution in [0.5, 0.6) is 5.88 Å². The number of ether oxygens (including phenoxy) is 1. The largest absolute Gasteiger partial charge is 0.478 e. The molecule has 8 heteroatoms. The fourth-order valence-electron chi connectivity index (χ4n) is 3.18. The van der Waals surface area contributed by atoms with E-state index in [2.05, 4.69) is 31.6 Å². The second kappa shape index (κ2) is 11.3. The summed E-state index contributed by atoms with van der Waals surface area (Å²) >= 11 is 6.11. The molecule has 1 fully saturated rings. The normalized spacial score (nSPS) is 16.5. The summed E-state index contributed by atoms with van der Waals surface area (Å²) in [6, 6.07) is 12.2. The lowest BCUT2D eigenvalue weighted by Gasteiger charge is -2.20. The molecule has 1 unspecified atom stereocenters. The first-order valence-electron chi connectivity index (χ1n) is 9.24. The second-order valence-corrected chi connectivity index (χ2v) is 6.82. The van der Waals surface area contributed by atoms with E-state index in [0.717, 1.165) is 41.7 Å². The zero-order chi connectivity index (χ0) is 19.1. The monoisotopic (exact) mass is 515 g/mol. The molecular weight excluding hydrogens is 489 g/mol. The Labute approximate surface area is 188 Å². The van der Waals surface area contributed by atoms with Crippen molar-refractivity contribution in [3.05, 3.63) is 53.2 Å². The van der Waals surface area contributed by atoms with Crippen LogP contribution in [0.4, 0.5) is 5.69 Å². The standard InChI is InChI=1S/C20H26ClN5O.HI/c1-3-27-19-15(6-5-10-23-19)13-24-20(22-2)25-17-9-11-26(14-17)18-8-4-7-16(21)12-18;/h4-8,10,12,17H,3,9,11,13-14H2,1-2H3,(H2,22,24,25);1H. The Morgan fingerprint density at radius 2 is 2.21 bits per heavy atom. The van der Waals surface area contributed by atoms with Gasteiger partial charge in [0.15, 0.2) is 5.96 Å². The van der Waals surface area contributed by atoms with Crippen LogP contribution in [0, 0.1) is 0 Å². The Morgan fingerprint density at radius 3 is 2.96 bits per heavy atom. The van der Waals surface area contributed by atoms with E-state index in [0.29, 0.717) is 25.1 Å². The third-order valence-electron chi connectivity index (χ3n) is 4.50. The lowest BCUT2D eigenvalue weighted by atomic mass is 10.2. The molecule has 28 heavy (non-hydrogen) atoms. The lowest BCUT2D eigenvalue weighted by molar-refractivity contribution is 0.322. The maximum absolute atomic E-state index is 6.11. The molecule has 1 aliphatic heterocycles. The number of benzene rings is 1. The van der Waals surface area contributed by atoms with Crippen molar-refractivity contribution >= 4 is 47.2 Å². The van der Waals surface area contributed by atoms with Crippen LogP contribution in [0.1, 0.15) is 18.9 Å². The highest BCUT2D eigenvalue weighted by Gasteiger charge is 2.23. The summed E-state index contributed by atoms with van der Waals surface area (Å²) in [6.45, 7) is 5.06. The van der Waals surface area contributed by atoms with E-state index in [4.69, 9.17) is 16.3 Å². The van der Waals surface area contributed by atoms with Crippen LogP contribution in [0.15, 0.2) is 47.6 Å². The summed E-state index contributed by atoms with van der Waals surface area (Å²) in [5.74, 6) is 1.44. The third-order valence-corrected chi connectivity index (χ3v) is 4.74. The molecule has 1 aliphatic rings. The highest BCUT2D eigenvalue weighted by molar-refractivity contribution is 14.0. The van der Waals surface area contributed by atoms with Crippen molar-refractivity contribution in [3.8, 4) is 5.88 Å². The summed E-state index contributed by atoms with van der Waals surface area (Å²) in [7, 11) is 1.78. The number of pyridine rings is 1. The van der Waals surface area contributed by atoms with Crippen LogP contribution in [0.2, 0.25) is 5.02 Å². The topological polar surface area (TPSA) is 61.8 Å². The number of nitrogens with zero attached hydrogens (tertiary/aromatic N) is 3. The molecule has 0 aliphatic carbocycles. The van der Waals surface area contributed by atoms with Crippen LogP contribution in [-0.2, 0) is 6.54 Å². The lowest BCUT2D eigenvalue weighted by Crippen LogP contribution is -2.44. The number of anilines is 1. The number of halogens is 2. The van der Waals surface area contributed by atoms with Crippen molar-refractivity contribution in [3.63, 3.8) is 0 Å². The van der Waals surface area contributed by atoms with Gasteiger partial charge >= 0.3 is 0 Å².